The van der Waals surface area contributed by atoms with Gasteiger partial charge in [0.25, 0.3) is 0 Å². The van der Waals surface area contributed by atoms with Crippen LogP contribution in [-0.2, 0) is 0 Å². The van der Waals surface area contributed by atoms with Gasteiger partial charge in [0.1, 0.15) is 6.54 Å². The predicted molar refractivity (Wildman–Crippen MR) is 55.7 cm³/mol. The zero-order chi connectivity index (χ0) is 10.1. The molecule has 0 aromatic heterocycles. The normalized spacial score (nSPS) is 20.7. The van der Waals surface area contributed by atoms with E-state index < -0.39 is 0 Å². The summed E-state index contributed by atoms with van der Waals surface area (Å²) in [5, 5.41) is 15.1. The Morgan fingerprint density at radius 3 is 2.46 bits per heavy atom. The van der Waals surface area contributed by atoms with Crippen molar-refractivity contribution in [3.8, 4) is 0 Å². The van der Waals surface area contributed by atoms with Gasteiger partial charge in [-0.25, -0.2) is 0 Å². The molecule has 2 N–H and O–H groups in total. The maximum absolute atomic E-state index is 7.71. The van der Waals surface area contributed by atoms with Crippen LogP contribution in [0.4, 0.5) is 0 Å². The third-order valence-electron chi connectivity index (χ3n) is 2.42. The molecule has 0 unspecified atom stereocenters. The second kappa shape index (κ2) is 3.42. The Balaban J connectivity index is 2.78. The lowest BCUT2D eigenvalue weighted by atomic mass is 10.0. The van der Waals surface area contributed by atoms with E-state index in [2.05, 4.69) is 20.2 Å². The molecule has 0 aromatic carbocycles. The topological polar surface area (TPSA) is 47.7 Å². The van der Waals surface area contributed by atoms with Crippen molar-refractivity contribution in [3.05, 3.63) is 11.6 Å². The summed E-state index contributed by atoms with van der Waals surface area (Å²) in [5.41, 5.74) is 1.81. The number of quaternary nitrogens is 1. The van der Waals surface area contributed by atoms with Crippen molar-refractivity contribution in [2.75, 3.05) is 27.2 Å². The van der Waals surface area contributed by atoms with E-state index in [1.165, 1.54) is 0 Å². The quantitative estimate of drug-likeness (QED) is 0.477. The first-order chi connectivity index (χ1) is 5.92. The number of nitrogens with zero attached hydrogens (tertiary/aromatic N) is 1. The van der Waals surface area contributed by atoms with Crippen LogP contribution < -0.4 is 0 Å². The maximum Gasteiger partial charge on any atom is 0.106 e. The lowest BCUT2D eigenvalue weighted by Gasteiger charge is -2.33. The molecule has 3 heteroatoms. The van der Waals surface area contributed by atoms with Gasteiger partial charge in [0, 0.05) is 12.0 Å². The molecule has 0 bridgehead atoms. The van der Waals surface area contributed by atoms with E-state index in [1.54, 1.807) is 6.92 Å². The summed E-state index contributed by atoms with van der Waals surface area (Å²) >= 11 is 0. The monoisotopic (exact) mass is 180 g/mol. The molecule has 0 atom stereocenters. The maximum atomic E-state index is 7.71. The summed E-state index contributed by atoms with van der Waals surface area (Å²) in [6.07, 6.45) is 3.13. The Kier molecular flexibility index (Phi) is 2.66. The Hall–Kier alpha value is -0.960. The first-order valence-corrected chi connectivity index (χ1v) is 4.58. The minimum atomic E-state index is 0.369. The second-order valence-electron chi connectivity index (χ2n) is 4.34. The minimum Gasteiger partial charge on any atom is -0.324 e. The molecule has 1 aliphatic rings. The molecular weight excluding hydrogens is 162 g/mol. The van der Waals surface area contributed by atoms with Crippen LogP contribution in [0, 0.1) is 10.8 Å². The van der Waals surface area contributed by atoms with Gasteiger partial charge in [-0.2, -0.15) is 0 Å². The molecule has 0 aromatic rings. The Morgan fingerprint density at radius 1 is 1.38 bits per heavy atom. The van der Waals surface area contributed by atoms with E-state index in [9.17, 15) is 0 Å². The zero-order valence-electron chi connectivity index (χ0n) is 8.65. The summed E-state index contributed by atoms with van der Waals surface area (Å²) in [6.45, 7) is 3.70. The molecule has 0 aliphatic carbocycles. The van der Waals surface area contributed by atoms with Gasteiger partial charge in [-0.1, -0.05) is 6.08 Å². The van der Waals surface area contributed by atoms with E-state index in [0.717, 1.165) is 29.6 Å². The van der Waals surface area contributed by atoms with Gasteiger partial charge in [0.05, 0.1) is 32.1 Å². The molecule has 1 rings (SSSR count). The molecule has 72 valence electrons. The molecule has 0 amide bonds. The van der Waals surface area contributed by atoms with E-state index >= 15 is 0 Å². The third kappa shape index (κ3) is 2.49. The van der Waals surface area contributed by atoms with E-state index in [0.29, 0.717) is 11.4 Å². The van der Waals surface area contributed by atoms with Crippen molar-refractivity contribution in [1.82, 2.24) is 0 Å². The molecule has 13 heavy (non-hydrogen) atoms. The number of rotatable bonds is 2. The van der Waals surface area contributed by atoms with E-state index in [1.807, 2.05) is 0 Å². The number of likely N-dealkylation sites (N-methyl/N-ethyl adjacent to an activating group) is 1. The smallest absolute Gasteiger partial charge is 0.106 e. The van der Waals surface area contributed by atoms with Gasteiger partial charge < -0.3 is 9.89 Å². The Morgan fingerprint density at radius 2 is 2.00 bits per heavy atom. The highest BCUT2D eigenvalue weighted by molar-refractivity contribution is 6.45. The fourth-order valence-electron chi connectivity index (χ4n) is 1.61. The average Bonchev–Trinajstić information content (AvgIpc) is 2.01. The summed E-state index contributed by atoms with van der Waals surface area (Å²) in [4.78, 5) is 0. The highest BCUT2D eigenvalue weighted by atomic mass is 15.3. The first kappa shape index (κ1) is 10.1. The predicted octanol–water partition coefficient (Wildman–Crippen LogP) is 1.45. The van der Waals surface area contributed by atoms with Gasteiger partial charge in [-0.05, 0) is 6.92 Å². The fourth-order valence-corrected chi connectivity index (χ4v) is 1.61. The van der Waals surface area contributed by atoms with Crippen molar-refractivity contribution >= 4 is 11.4 Å². The highest BCUT2D eigenvalue weighted by Gasteiger charge is 2.23. The molecule has 0 saturated heterocycles. The molecule has 1 heterocycles. The second-order valence-corrected chi connectivity index (χ2v) is 4.34. The van der Waals surface area contributed by atoms with Crippen LogP contribution in [0.5, 0.6) is 0 Å². The van der Waals surface area contributed by atoms with Crippen LogP contribution in [0.15, 0.2) is 11.6 Å². The standard InChI is InChI=1S/C10H18N3/c1-8(11)10(12)9-5-4-6-13(2,3)7-9/h5,11-12H,4,6-7H2,1-3H3/q+1. The van der Waals surface area contributed by atoms with Crippen LogP contribution in [0.2, 0.25) is 0 Å². The third-order valence-corrected chi connectivity index (χ3v) is 2.42. The zero-order valence-corrected chi connectivity index (χ0v) is 8.65. The van der Waals surface area contributed by atoms with Crippen molar-refractivity contribution in [1.29, 1.82) is 10.8 Å². The SMILES string of the molecule is CC(=N)C(=N)C1=CCC[N+](C)(C)C1. The fraction of sp³-hybridized carbons (Fsp3) is 0.600. The summed E-state index contributed by atoms with van der Waals surface area (Å²) < 4.78 is 0.932. The number of nitrogens with one attached hydrogen (secondary N) is 2. The van der Waals surface area contributed by atoms with Gasteiger partial charge in [0.15, 0.2) is 0 Å². The van der Waals surface area contributed by atoms with Crippen LogP contribution in [-0.4, -0.2) is 43.1 Å². The summed E-state index contributed by atoms with van der Waals surface area (Å²) in [6, 6.07) is 0. The van der Waals surface area contributed by atoms with Crippen molar-refractivity contribution < 1.29 is 4.48 Å². The molecule has 0 saturated carbocycles. The molecule has 0 fully saturated rings. The van der Waals surface area contributed by atoms with Gasteiger partial charge in [0.2, 0.25) is 0 Å². The average molecular weight is 180 g/mol. The van der Waals surface area contributed by atoms with Crippen molar-refractivity contribution in [3.63, 3.8) is 0 Å². The highest BCUT2D eigenvalue weighted by Crippen LogP contribution is 2.14. The Bertz CT molecular complexity index is 274. The van der Waals surface area contributed by atoms with Crippen molar-refractivity contribution in [2.24, 2.45) is 0 Å². The first-order valence-electron chi connectivity index (χ1n) is 4.58. The molecule has 0 spiro atoms. The molecule has 1 aliphatic heterocycles. The van der Waals surface area contributed by atoms with E-state index in [-0.39, 0.29) is 0 Å². The van der Waals surface area contributed by atoms with Crippen LogP contribution in [0.25, 0.3) is 0 Å². The lowest BCUT2D eigenvalue weighted by Crippen LogP contribution is -2.45. The molecule has 0 radical (unpaired) electrons. The lowest BCUT2D eigenvalue weighted by molar-refractivity contribution is -0.886. The summed E-state index contributed by atoms with van der Waals surface area (Å²) in [5.74, 6) is 0. The van der Waals surface area contributed by atoms with Gasteiger partial charge in [-0.15, -0.1) is 0 Å². The number of hydrogen-bond donors (Lipinski definition) is 2. The van der Waals surface area contributed by atoms with Crippen LogP contribution in [0.1, 0.15) is 13.3 Å². The molecule has 3 nitrogen and oxygen atoms in total. The van der Waals surface area contributed by atoms with Gasteiger partial charge >= 0.3 is 0 Å². The van der Waals surface area contributed by atoms with Gasteiger partial charge in [-0.3, -0.25) is 5.41 Å². The largest absolute Gasteiger partial charge is 0.324 e. The Labute approximate surface area is 79.7 Å². The van der Waals surface area contributed by atoms with E-state index in [4.69, 9.17) is 10.8 Å². The van der Waals surface area contributed by atoms with Crippen LogP contribution >= 0.6 is 0 Å². The number of hydrogen-bond acceptors (Lipinski definition) is 2. The van der Waals surface area contributed by atoms with Crippen LogP contribution in [0.3, 0.4) is 0 Å². The van der Waals surface area contributed by atoms with Crippen molar-refractivity contribution in [2.45, 2.75) is 13.3 Å². The minimum absolute atomic E-state index is 0.369. The molecular formula is C10H18N3+. The summed E-state index contributed by atoms with van der Waals surface area (Å²) in [7, 11) is 4.33.